The van der Waals surface area contributed by atoms with Crippen LogP contribution in [-0.2, 0) is 11.0 Å². The Balaban J connectivity index is 2.76. The van der Waals surface area contributed by atoms with Crippen LogP contribution < -0.4 is 4.90 Å². The Bertz CT molecular complexity index is 416. The highest BCUT2D eigenvalue weighted by molar-refractivity contribution is 5.73. The average Bonchev–Trinajstić information content (AvgIpc) is 2.27. The van der Waals surface area contributed by atoms with Crippen LogP contribution in [0.4, 0.5) is 23.2 Å². The molecule has 0 amide bonds. The Hall–Kier alpha value is -1.79. The molecule has 7 heteroatoms. The molecule has 0 spiro atoms. The van der Waals surface area contributed by atoms with Gasteiger partial charge in [-0.3, -0.25) is 0 Å². The van der Waals surface area contributed by atoms with Crippen molar-refractivity contribution in [2.24, 2.45) is 0 Å². The normalized spacial score (nSPS) is 13.2. The summed E-state index contributed by atoms with van der Waals surface area (Å²) in [7, 11) is 1.40. The number of nitrogens with zero attached hydrogens (tertiary/aromatic N) is 1. The molecule has 0 aliphatic rings. The van der Waals surface area contributed by atoms with Gasteiger partial charge in [0.25, 0.3) is 0 Å². The van der Waals surface area contributed by atoms with Crippen LogP contribution in [0.15, 0.2) is 24.3 Å². The van der Waals surface area contributed by atoms with Gasteiger partial charge in [-0.05, 0) is 24.3 Å². The summed E-state index contributed by atoms with van der Waals surface area (Å²) in [6, 6.07) is 4.05. The summed E-state index contributed by atoms with van der Waals surface area (Å²) >= 11 is 0. The summed E-state index contributed by atoms with van der Waals surface area (Å²) in [5.41, 5.74) is -0.499. The van der Waals surface area contributed by atoms with E-state index < -0.39 is 30.4 Å². The molecule has 0 heterocycles. The lowest BCUT2D eigenvalue weighted by Gasteiger charge is -2.20. The molecule has 0 aliphatic carbocycles. The topological polar surface area (TPSA) is 40.5 Å². The van der Waals surface area contributed by atoms with Crippen LogP contribution in [0.3, 0.4) is 0 Å². The van der Waals surface area contributed by atoms with E-state index in [-0.39, 0.29) is 0 Å². The highest BCUT2D eigenvalue weighted by atomic mass is 19.4. The number of anilines is 1. The van der Waals surface area contributed by atoms with Crippen molar-refractivity contribution in [1.82, 2.24) is 0 Å². The fourth-order valence-corrected chi connectivity index (χ4v) is 1.33. The van der Waals surface area contributed by atoms with Crippen LogP contribution in [0, 0.1) is 0 Å². The first kappa shape index (κ1) is 14.3. The number of carbonyl (C=O) groups is 1. The lowest BCUT2D eigenvalue weighted by Crippen LogP contribution is -2.31. The van der Waals surface area contributed by atoms with E-state index >= 15 is 0 Å². The minimum atomic E-state index is -4.43. The molecule has 0 aromatic heterocycles. The summed E-state index contributed by atoms with van der Waals surface area (Å²) < 4.78 is 49.8. The second kappa shape index (κ2) is 5.24. The molecule has 0 radical (unpaired) electrons. The van der Waals surface area contributed by atoms with E-state index in [1.165, 1.54) is 11.9 Å². The molecule has 1 atom stereocenters. The maximum Gasteiger partial charge on any atom is 0.416 e. The van der Waals surface area contributed by atoms with E-state index in [2.05, 4.69) is 0 Å². The van der Waals surface area contributed by atoms with Crippen LogP contribution in [-0.4, -0.2) is 30.8 Å². The van der Waals surface area contributed by atoms with Gasteiger partial charge < -0.3 is 10.0 Å². The maximum atomic E-state index is 12.9. The summed E-state index contributed by atoms with van der Waals surface area (Å²) in [6.45, 7) is -0.430. The van der Waals surface area contributed by atoms with Gasteiger partial charge in [0.15, 0.2) is 0 Å². The quantitative estimate of drug-likeness (QED) is 0.850. The Morgan fingerprint density at radius 3 is 2.22 bits per heavy atom. The smallest absolute Gasteiger partial charge is 0.416 e. The minimum absolute atomic E-state index is 0.312. The van der Waals surface area contributed by atoms with E-state index in [9.17, 15) is 22.4 Å². The van der Waals surface area contributed by atoms with Crippen molar-refractivity contribution in [2.45, 2.75) is 12.3 Å². The molecule has 0 fully saturated rings. The largest absolute Gasteiger partial charge is 0.479 e. The van der Waals surface area contributed by atoms with Crippen LogP contribution >= 0.6 is 0 Å². The molecule has 0 bridgehead atoms. The number of carboxylic acids is 1. The lowest BCUT2D eigenvalue weighted by molar-refractivity contribution is -0.142. The fourth-order valence-electron chi connectivity index (χ4n) is 1.33. The Morgan fingerprint density at radius 1 is 1.33 bits per heavy atom. The van der Waals surface area contributed by atoms with Crippen LogP contribution in [0.25, 0.3) is 0 Å². The molecule has 3 nitrogen and oxygen atoms in total. The van der Waals surface area contributed by atoms with Crippen molar-refractivity contribution in [3.8, 4) is 0 Å². The number of alkyl halides is 4. The summed E-state index contributed by atoms with van der Waals surface area (Å²) in [4.78, 5) is 11.5. The van der Waals surface area contributed by atoms with E-state index in [4.69, 9.17) is 5.11 Å². The number of halogens is 4. The van der Waals surface area contributed by atoms with E-state index in [0.29, 0.717) is 5.69 Å². The van der Waals surface area contributed by atoms with Gasteiger partial charge in [-0.2, -0.15) is 13.2 Å². The lowest BCUT2D eigenvalue weighted by atomic mass is 10.2. The molecule has 1 unspecified atom stereocenters. The third-order valence-corrected chi connectivity index (χ3v) is 2.34. The van der Waals surface area contributed by atoms with E-state index in [1.54, 1.807) is 0 Å². The van der Waals surface area contributed by atoms with Gasteiger partial charge >= 0.3 is 12.1 Å². The second-order valence-corrected chi connectivity index (χ2v) is 3.73. The van der Waals surface area contributed by atoms with Gasteiger partial charge in [0.1, 0.15) is 0 Å². The number of rotatable bonds is 4. The maximum absolute atomic E-state index is 12.9. The monoisotopic (exact) mass is 265 g/mol. The highest BCUT2D eigenvalue weighted by Crippen LogP contribution is 2.30. The predicted molar refractivity (Wildman–Crippen MR) is 57.2 cm³/mol. The van der Waals surface area contributed by atoms with E-state index in [1.807, 2.05) is 0 Å². The fraction of sp³-hybridized carbons (Fsp3) is 0.364. The molecular formula is C11H11F4NO2. The first-order chi connectivity index (χ1) is 8.21. The summed E-state index contributed by atoms with van der Waals surface area (Å²) in [6.07, 6.45) is -6.52. The SMILES string of the molecule is CN(CC(F)C(=O)O)c1ccc(C(F)(F)F)cc1. The number of hydrogen-bond donors (Lipinski definition) is 1. The molecule has 1 aromatic rings. The standard InChI is InChI=1S/C11H11F4NO2/c1-16(6-9(12)10(17)18)8-4-2-7(3-5-8)11(13,14)15/h2-5,9H,6H2,1H3,(H,17,18). The minimum Gasteiger partial charge on any atom is -0.479 e. The Morgan fingerprint density at radius 2 is 1.83 bits per heavy atom. The molecule has 18 heavy (non-hydrogen) atoms. The third-order valence-electron chi connectivity index (χ3n) is 2.34. The number of hydrogen-bond acceptors (Lipinski definition) is 2. The molecule has 0 aliphatic heterocycles. The van der Waals surface area contributed by atoms with E-state index in [0.717, 1.165) is 24.3 Å². The summed E-state index contributed by atoms with van der Waals surface area (Å²) in [5.74, 6) is -1.60. The molecule has 0 saturated carbocycles. The van der Waals surface area contributed by atoms with Crippen LogP contribution in [0.5, 0.6) is 0 Å². The summed E-state index contributed by atoms with van der Waals surface area (Å²) in [5, 5.41) is 8.38. The number of aliphatic carboxylic acids is 1. The van der Waals surface area contributed by atoms with Gasteiger partial charge in [-0.25, -0.2) is 9.18 Å². The van der Waals surface area contributed by atoms with Crippen molar-refractivity contribution in [3.63, 3.8) is 0 Å². The molecule has 1 N–H and O–H groups in total. The van der Waals surface area contributed by atoms with Gasteiger partial charge in [-0.1, -0.05) is 0 Å². The van der Waals surface area contributed by atoms with Gasteiger partial charge in [0.05, 0.1) is 12.1 Å². The van der Waals surface area contributed by atoms with Crippen molar-refractivity contribution >= 4 is 11.7 Å². The van der Waals surface area contributed by atoms with Crippen molar-refractivity contribution in [3.05, 3.63) is 29.8 Å². The number of benzene rings is 1. The van der Waals surface area contributed by atoms with Crippen molar-refractivity contribution in [1.29, 1.82) is 0 Å². The zero-order valence-corrected chi connectivity index (χ0v) is 9.41. The van der Waals surface area contributed by atoms with Crippen molar-refractivity contribution < 1.29 is 27.5 Å². The number of carboxylic acid groups (broad SMARTS) is 1. The molecule has 1 aromatic carbocycles. The average molecular weight is 265 g/mol. The molecule has 100 valence electrons. The molecule has 1 rings (SSSR count). The Labute approximate surface area is 101 Å². The zero-order chi connectivity index (χ0) is 13.9. The van der Waals surface area contributed by atoms with Gasteiger partial charge in [-0.15, -0.1) is 0 Å². The molecule has 0 saturated heterocycles. The highest BCUT2D eigenvalue weighted by Gasteiger charge is 2.30. The molecular weight excluding hydrogens is 254 g/mol. The first-order valence-corrected chi connectivity index (χ1v) is 4.97. The zero-order valence-electron chi connectivity index (χ0n) is 9.41. The van der Waals surface area contributed by atoms with Gasteiger partial charge in [0, 0.05) is 12.7 Å². The first-order valence-electron chi connectivity index (χ1n) is 4.97. The third kappa shape index (κ3) is 3.61. The van der Waals surface area contributed by atoms with Crippen LogP contribution in [0.2, 0.25) is 0 Å². The predicted octanol–water partition coefficient (Wildman–Crippen LogP) is 2.56. The van der Waals surface area contributed by atoms with Crippen LogP contribution in [0.1, 0.15) is 5.56 Å². The Kier molecular flexibility index (Phi) is 4.15. The van der Waals surface area contributed by atoms with Gasteiger partial charge in [0.2, 0.25) is 6.17 Å². The second-order valence-electron chi connectivity index (χ2n) is 3.73. The van der Waals surface area contributed by atoms with Crippen molar-refractivity contribution in [2.75, 3.05) is 18.5 Å².